The summed E-state index contributed by atoms with van der Waals surface area (Å²) in [5, 5.41) is 4.34. The highest BCUT2D eigenvalue weighted by Gasteiger charge is 2.26. The molecule has 0 aromatic rings. The summed E-state index contributed by atoms with van der Waals surface area (Å²) in [5.74, 6) is -0.429. The lowest BCUT2D eigenvalue weighted by Crippen LogP contribution is -2.38. The summed E-state index contributed by atoms with van der Waals surface area (Å²) >= 11 is 0. The first kappa shape index (κ1) is 11.2. The van der Waals surface area contributed by atoms with Crippen LogP contribution >= 0.6 is 0 Å². The van der Waals surface area contributed by atoms with Crippen molar-refractivity contribution in [3.05, 3.63) is 0 Å². The number of rotatable bonds is 4. The second-order valence-electron chi connectivity index (χ2n) is 2.17. The number of hydrogen-bond acceptors (Lipinski definition) is 2. The predicted octanol–water partition coefficient (Wildman–Crippen LogP) is 0.274. The van der Waals surface area contributed by atoms with Crippen LogP contribution < -0.4 is 10.6 Å². The Hall–Kier alpha value is -0.780. The monoisotopic (exact) mass is 184 g/mol. The van der Waals surface area contributed by atoms with E-state index in [0.29, 0.717) is 6.54 Å². The summed E-state index contributed by atoms with van der Waals surface area (Å²) in [6.45, 7) is 0.686. The summed E-state index contributed by atoms with van der Waals surface area (Å²) in [6, 6.07) is 0. The maximum Gasteiger partial charge on any atom is 0.401 e. The van der Waals surface area contributed by atoms with Crippen LogP contribution in [0, 0.1) is 0 Å². The first-order valence-corrected chi connectivity index (χ1v) is 3.50. The van der Waals surface area contributed by atoms with E-state index in [1.54, 1.807) is 6.92 Å². The van der Waals surface area contributed by atoms with E-state index < -0.39 is 18.6 Å². The molecule has 0 aliphatic rings. The maximum atomic E-state index is 11.5. The van der Waals surface area contributed by atoms with E-state index in [1.807, 2.05) is 5.32 Å². The van der Waals surface area contributed by atoms with Crippen LogP contribution in [0.5, 0.6) is 0 Å². The van der Waals surface area contributed by atoms with Gasteiger partial charge < -0.3 is 10.6 Å². The fourth-order valence-electron chi connectivity index (χ4n) is 0.577. The Morgan fingerprint density at radius 2 is 2.00 bits per heavy atom. The van der Waals surface area contributed by atoms with Crippen molar-refractivity contribution in [1.29, 1.82) is 0 Å². The molecule has 0 unspecified atom stereocenters. The number of halogens is 3. The molecule has 0 aromatic carbocycles. The van der Waals surface area contributed by atoms with Crippen molar-refractivity contribution in [1.82, 2.24) is 10.6 Å². The Bertz CT molecular complexity index is 146. The normalized spacial score (nSPS) is 11.3. The molecular weight excluding hydrogens is 173 g/mol. The number of amides is 1. The summed E-state index contributed by atoms with van der Waals surface area (Å²) < 4.78 is 34.5. The van der Waals surface area contributed by atoms with Crippen molar-refractivity contribution in [3.63, 3.8) is 0 Å². The summed E-state index contributed by atoms with van der Waals surface area (Å²) in [5.41, 5.74) is 0. The zero-order chi connectivity index (χ0) is 9.61. The number of nitrogens with one attached hydrogen (secondary N) is 2. The Kier molecular flexibility index (Phi) is 4.65. The van der Waals surface area contributed by atoms with Gasteiger partial charge in [-0.3, -0.25) is 4.79 Å². The van der Waals surface area contributed by atoms with E-state index in [2.05, 4.69) is 5.32 Å². The minimum absolute atomic E-state index is 0.298. The highest BCUT2D eigenvalue weighted by atomic mass is 19.4. The van der Waals surface area contributed by atoms with Crippen LogP contribution in [0.1, 0.15) is 6.92 Å². The van der Waals surface area contributed by atoms with E-state index >= 15 is 0 Å². The zero-order valence-corrected chi connectivity index (χ0v) is 6.66. The quantitative estimate of drug-likeness (QED) is 0.658. The van der Waals surface area contributed by atoms with Crippen molar-refractivity contribution < 1.29 is 18.0 Å². The number of carbonyl (C=O) groups is 1. The van der Waals surface area contributed by atoms with Crippen molar-refractivity contribution in [2.75, 3.05) is 19.6 Å². The van der Waals surface area contributed by atoms with Gasteiger partial charge in [-0.15, -0.1) is 0 Å². The standard InChI is InChI=1S/C6H11F3N2O/c1-2-11-5(12)3-10-4-6(7,8)9/h10H,2-4H2,1H3,(H,11,12). The molecule has 0 rings (SSSR count). The minimum atomic E-state index is -4.26. The molecule has 3 nitrogen and oxygen atoms in total. The summed E-state index contributed by atoms with van der Waals surface area (Å²) in [4.78, 5) is 10.6. The van der Waals surface area contributed by atoms with Gasteiger partial charge in [0, 0.05) is 6.54 Å². The lowest BCUT2D eigenvalue weighted by molar-refractivity contribution is -0.128. The SMILES string of the molecule is CCNC(=O)CNCC(F)(F)F. The van der Waals surface area contributed by atoms with E-state index in [1.165, 1.54) is 0 Å². The van der Waals surface area contributed by atoms with Crippen LogP contribution in [-0.4, -0.2) is 31.7 Å². The van der Waals surface area contributed by atoms with Gasteiger partial charge in [-0.2, -0.15) is 13.2 Å². The molecule has 0 aromatic heterocycles. The molecule has 72 valence electrons. The molecular formula is C6H11F3N2O. The Morgan fingerprint density at radius 1 is 1.42 bits per heavy atom. The lowest BCUT2D eigenvalue weighted by atomic mass is 10.5. The largest absolute Gasteiger partial charge is 0.401 e. The van der Waals surface area contributed by atoms with Gasteiger partial charge in [0.05, 0.1) is 13.1 Å². The summed E-state index contributed by atoms with van der Waals surface area (Å²) in [7, 11) is 0. The molecule has 0 radical (unpaired) electrons. The van der Waals surface area contributed by atoms with E-state index in [4.69, 9.17) is 0 Å². The molecule has 0 heterocycles. The van der Waals surface area contributed by atoms with Crippen LogP contribution in [0.3, 0.4) is 0 Å². The average Bonchev–Trinajstić information content (AvgIpc) is 1.84. The molecule has 1 amide bonds. The average molecular weight is 184 g/mol. The summed E-state index contributed by atoms with van der Waals surface area (Å²) in [6.07, 6.45) is -4.26. The van der Waals surface area contributed by atoms with Crippen molar-refractivity contribution in [3.8, 4) is 0 Å². The van der Waals surface area contributed by atoms with Crippen molar-refractivity contribution in [2.45, 2.75) is 13.1 Å². The van der Waals surface area contributed by atoms with Gasteiger partial charge in [0.2, 0.25) is 5.91 Å². The minimum Gasteiger partial charge on any atom is -0.355 e. The number of alkyl halides is 3. The third-order valence-corrected chi connectivity index (χ3v) is 0.985. The molecule has 0 aliphatic heterocycles. The molecule has 12 heavy (non-hydrogen) atoms. The predicted molar refractivity (Wildman–Crippen MR) is 37.6 cm³/mol. The molecule has 0 fully saturated rings. The molecule has 6 heteroatoms. The molecule has 2 N–H and O–H groups in total. The fourth-order valence-corrected chi connectivity index (χ4v) is 0.577. The number of carbonyl (C=O) groups excluding carboxylic acids is 1. The third kappa shape index (κ3) is 7.33. The van der Waals surface area contributed by atoms with Crippen LogP contribution in [0.4, 0.5) is 13.2 Å². The van der Waals surface area contributed by atoms with Crippen LogP contribution in [0.2, 0.25) is 0 Å². The Labute approximate surface area is 68.3 Å². The Balaban J connectivity index is 3.37. The number of likely N-dealkylation sites (N-methyl/N-ethyl adjacent to an activating group) is 1. The zero-order valence-electron chi connectivity index (χ0n) is 6.66. The molecule has 0 saturated heterocycles. The molecule has 0 atom stereocenters. The molecule has 0 bridgehead atoms. The van der Waals surface area contributed by atoms with Crippen LogP contribution in [-0.2, 0) is 4.79 Å². The first-order chi connectivity index (χ1) is 5.45. The van der Waals surface area contributed by atoms with Gasteiger partial charge in [-0.05, 0) is 6.92 Å². The molecule has 0 spiro atoms. The third-order valence-electron chi connectivity index (χ3n) is 0.985. The van der Waals surface area contributed by atoms with E-state index in [9.17, 15) is 18.0 Å². The van der Waals surface area contributed by atoms with Gasteiger partial charge in [0.1, 0.15) is 0 Å². The van der Waals surface area contributed by atoms with Crippen LogP contribution in [0.25, 0.3) is 0 Å². The van der Waals surface area contributed by atoms with Crippen molar-refractivity contribution in [2.24, 2.45) is 0 Å². The Morgan fingerprint density at radius 3 is 2.42 bits per heavy atom. The smallest absolute Gasteiger partial charge is 0.355 e. The van der Waals surface area contributed by atoms with Gasteiger partial charge >= 0.3 is 6.18 Å². The van der Waals surface area contributed by atoms with E-state index in [0.717, 1.165) is 0 Å². The highest BCUT2D eigenvalue weighted by molar-refractivity contribution is 5.77. The first-order valence-electron chi connectivity index (χ1n) is 3.50. The van der Waals surface area contributed by atoms with Crippen LogP contribution in [0.15, 0.2) is 0 Å². The van der Waals surface area contributed by atoms with Gasteiger partial charge in [-0.1, -0.05) is 0 Å². The molecule has 0 saturated carbocycles. The fraction of sp³-hybridized carbons (Fsp3) is 0.833. The number of hydrogen-bond donors (Lipinski definition) is 2. The van der Waals surface area contributed by atoms with E-state index in [-0.39, 0.29) is 6.54 Å². The molecule has 0 aliphatic carbocycles. The topological polar surface area (TPSA) is 41.1 Å². The highest BCUT2D eigenvalue weighted by Crippen LogP contribution is 2.11. The van der Waals surface area contributed by atoms with Crippen molar-refractivity contribution >= 4 is 5.91 Å². The second-order valence-corrected chi connectivity index (χ2v) is 2.17. The van der Waals surface area contributed by atoms with Gasteiger partial charge in [-0.25, -0.2) is 0 Å². The maximum absolute atomic E-state index is 11.5. The second kappa shape index (κ2) is 4.97. The van der Waals surface area contributed by atoms with Gasteiger partial charge in [0.25, 0.3) is 0 Å². The lowest BCUT2D eigenvalue weighted by Gasteiger charge is -2.07. The van der Waals surface area contributed by atoms with Gasteiger partial charge in [0.15, 0.2) is 0 Å².